The lowest BCUT2D eigenvalue weighted by Crippen LogP contribution is -2.02. The first-order chi connectivity index (χ1) is 7.17. The van der Waals surface area contributed by atoms with Gasteiger partial charge in [0.05, 0.1) is 13.2 Å². The van der Waals surface area contributed by atoms with Crippen LogP contribution >= 0.6 is 11.3 Å². The smallest absolute Gasteiger partial charge is 0.129 e. The van der Waals surface area contributed by atoms with Crippen molar-refractivity contribution in [2.75, 3.05) is 7.11 Å². The molecule has 1 heterocycles. The molecule has 15 heavy (non-hydrogen) atoms. The van der Waals surface area contributed by atoms with Crippen LogP contribution in [-0.4, -0.2) is 12.2 Å². The van der Waals surface area contributed by atoms with Crippen molar-refractivity contribution < 1.29 is 9.84 Å². The molecule has 0 spiro atoms. The Balaban J connectivity index is 2.49. The normalized spacial score (nSPS) is 14.9. The summed E-state index contributed by atoms with van der Waals surface area (Å²) in [6.07, 6.45) is 2.87. The van der Waals surface area contributed by atoms with Crippen molar-refractivity contribution in [2.45, 2.75) is 39.2 Å². The summed E-state index contributed by atoms with van der Waals surface area (Å²) in [5, 5.41) is 11.9. The van der Waals surface area contributed by atoms with Gasteiger partial charge in [-0.3, -0.25) is 0 Å². The largest absolute Gasteiger partial charge is 0.496 e. The van der Waals surface area contributed by atoms with E-state index < -0.39 is 0 Å². The zero-order valence-electron chi connectivity index (χ0n) is 9.69. The van der Waals surface area contributed by atoms with Gasteiger partial charge in [-0.1, -0.05) is 26.7 Å². The predicted octanol–water partition coefficient (Wildman–Crippen LogP) is 3.62. The molecule has 3 heteroatoms. The minimum atomic E-state index is -0.333. The third-order valence-corrected chi connectivity index (χ3v) is 3.58. The molecule has 1 aromatic rings. The van der Waals surface area contributed by atoms with Crippen LogP contribution in [0.2, 0.25) is 0 Å². The molecule has 1 aromatic heterocycles. The molecule has 0 bridgehead atoms. The molecule has 0 fully saturated rings. The van der Waals surface area contributed by atoms with Crippen LogP contribution in [0.3, 0.4) is 0 Å². The highest BCUT2D eigenvalue weighted by molar-refractivity contribution is 7.10. The molecule has 0 amide bonds. The average molecular weight is 228 g/mol. The number of ether oxygens (including phenoxy) is 1. The fraction of sp³-hybridized carbons (Fsp3) is 0.667. The van der Waals surface area contributed by atoms with Gasteiger partial charge in [0.2, 0.25) is 0 Å². The first kappa shape index (κ1) is 12.5. The Hall–Kier alpha value is -0.540. The van der Waals surface area contributed by atoms with Crippen LogP contribution in [0, 0.1) is 5.92 Å². The predicted molar refractivity (Wildman–Crippen MR) is 64.5 cm³/mol. The van der Waals surface area contributed by atoms with Crippen molar-refractivity contribution in [2.24, 2.45) is 5.92 Å². The second-order valence-electron chi connectivity index (χ2n) is 4.03. The van der Waals surface area contributed by atoms with Gasteiger partial charge in [-0.2, -0.15) is 0 Å². The quantitative estimate of drug-likeness (QED) is 0.806. The van der Waals surface area contributed by atoms with E-state index in [4.69, 9.17) is 4.74 Å². The van der Waals surface area contributed by atoms with Crippen molar-refractivity contribution in [1.29, 1.82) is 0 Å². The average Bonchev–Trinajstić information content (AvgIpc) is 2.66. The lowest BCUT2D eigenvalue weighted by molar-refractivity contribution is 0.148. The van der Waals surface area contributed by atoms with Crippen LogP contribution in [0.15, 0.2) is 11.4 Å². The topological polar surface area (TPSA) is 29.5 Å². The van der Waals surface area contributed by atoms with Crippen molar-refractivity contribution in [3.05, 3.63) is 16.3 Å². The number of hydrogen-bond donors (Lipinski definition) is 1. The highest BCUT2D eigenvalue weighted by Gasteiger charge is 2.14. The Labute approximate surface area is 95.9 Å². The molecule has 0 aromatic carbocycles. The number of rotatable bonds is 6. The molecule has 0 aliphatic rings. The number of thiophene rings is 1. The van der Waals surface area contributed by atoms with E-state index in [1.165, 1.54) is 12.8 Å². The molecule has 0 aliphatic carbocycles. The lowest BCUT2D eigenvalue weighted by Gasteiger charge is -2.14. The summed E-state index contributed by atoms with van der Waals surface area (Å²) in [4.78, 5) is 1.01. The number of methoxy groups -OCH3 is 1. The fourth-order valence-corrected chi connectivity index (χ4v) is 2.58. The molecule has 2 unspecified atom stereocenters. The van der Waals surface area contributed by atoms with Crippen molar-refractivity contribution in [3.63, 3.8) is 0 Å². The van der Waals surface area contributed by atoms with E-state index in [1.807, 2.05) is 11.4 Å². The molecule has 2 nitrogen and oxygen atoms in total. The maximum atomic E-state index is 9.98. The number of hydrogen-bond acceptors (Lipinski definition) is 3. The Bertz CT molecular complexity index is 283. The minimum absolute atomic E-state index is 0.333. The summed E-state index contributed by atoms with van der Waals surface area (Å²) < 4.78 is 5.10. The van der Waals surface area contributed by atoms with Gasteiger partial charge in [0.25, 0.3) is 0 Å². The van der Waals surface area contributed by atoms with Gasteiger partial charge in [-0.05, 0) is 18.4 Å². The fourth-order valence-electron chi connectivity index (χ4n) is 1.72. The minimum Gasteiger partial charge on any atom is -0.496 e. The summed E-state index contributed by atoms with van der Waals surface area (Å²) in [7, 11) is 1.65. The molecule has 86 valence electrons. The van der Waals surface area contributed by atoms with Crippen LogP contribution in [0.25, 0.3) is 0 Å². The van der Waals surface area contributed by atoms with E-state index in [0.717, 1.165) is 17.0 Å². The van der Waals surface area contributed by atoms with E-state index in [1.54, 1.807) is 18.4 Å². The maximum absolute atomic E-state index is 9.98. The lowest BCUT2D eigenvalue weighted by atomic mass is 9.98. The van der Waals surface area contributed by atoms with E-state index in [0.29, 0.717) is 5.92 Å². The summed E-state index contributed by atoms with van der Waals surface area (Å²) >= 11 is 1.57. The third kappa shape index (κ3) is 3.84. The van der Waals surface area contributed by atoms with Crippen LogP contribution in [-0.2, 0) is 0 Å². The highest BCUT2D eigenvalue weighted by Crippen LogP contribution is 2.31. The van der Waals surface area contributed by atoms with Crippen LogP contribution in [0.5, 0.6) is 5.75 Å². The van der Waals surface area contributed by atoms with Gasteiger partial charge in [0.15, 0.2) is 0 Å². The first-order valence-electron chi connectivity index (χ1n) is 5.47. The summed E-state index contributed by atoms with van der Waals surface area (Å²) in [5.41, 5.74) is 0. The van der Waals surface area contributed by atoms with E-state index in [2.05, 4.69) is 13.8 Å². The second-order valence-corrected chi connectivity index (χ2v) is 4.98. The Morgan fingerprint density at radius 2 is 2.27 bits per heavy atom. The Morgan fingerprint density at radius 3 is 2.80 bits per heavy atom. The molecule has 0 saturated heterocycles. The van der Waals surface area contributed by atoms with Gasteiger partial charge in [-0.25, -0.2) is 0 Å². The molecular formula is C12H20O2S. The van der Waals surface area contributed by atoms with E-state index in [-0.39, 0.29) is 6.10 Å². The SMILES string of the molecule is CCCC(C)CC(O)c1cc(OC)cs1. The zero-order chi connectivity index (χ0) is 11.3. The van der Waals surface area contributed by atoms with Crippen LogP contribution in [0.1, 0.15) is 44.1 Å². The molecule has 1 N–H and O–H groups in total. The van der Waals surface area contributed by atoms with Crippen LogP contribution in [0.4, 0.5) is 0 Å². The van der Waals surface area contributed by atoms with Gasteiger partial charge < -0.3 is 9.84 Å². The monoisotopic (exact) mass is 228 g/mol. The number of aliphatic hydroxyl groups is 1. The van der Waals surface area contributed by atoms with Gasteiger partial charge >= 0.3 is 0 Å². The van der Waals surface area contributed by atoms with Gasteiger partial charge in [0.1, 0.15) is 5.75 Å². The highest BCUT2D eigenvalue weighted by atomic mass is 32.1. The van der Waals surface area contributed by atoms with Crippen molar-refractivity contribution in [3.8, 4) is 5.75 Å². The maximum Gasteiger partial charge on any atom is 0.129 e. The van der Waals surface area contributed by atoms with Crippen molar-refractivity contribution in [1.82, 2.24) is 0 Å². The molecule has 0 radical (unpaired) electrons. The summed E-state index contributed by atoms with van der Waals surface area (Å²) in [5.74, 6) is 1.43. The summed E-state index contributed by atoms with van der Waals surface area (Å²) in [6.45, 7) is 4.37. The molecule has 1 rings (SSSR count). The van der Waals surface area contributed by atoms with Crippen molar-refractivity contribution >= 4 is 11.3 Å². The second kappa shape index (κ2) is 6.13. The van der Waals surface area contributed by atoms with E-state index in [9.17, 15) is 5.11 Å². The third-order valence-electron chi connectivity index (χ3n) is 2.57. The first-order valence-corrected chi connectivity index (χ1v) is 6.35. The standard InChI is InChI=1S/C12H20O2S/c1-4-5-9(2)6-11(13)12-7-10(14-3)8-15-12/h7-9,11,13H,4-6H2,1-3H3. The van der Waals surface area contributed by atoms with E-state index >= 15 is 0 Å². The van der Waals surface area contributed by atoms with Gasteiger partial charge in [-0.15, -0.1) is 11.3 Å². The summed E-state index contributed by atoms with van der Waals surface area (Å²) in [6, 6.07) is 1.92. The molecular weight excluding hydrogens is 208 g/mol. The molecule has 2 atom stereocenters. The number of aliphatic hydroxyl groups excluding tert-OH is 1. The Kier molecular flexibility index (Phi) is 5.12. The zero-order valence-corrected chi connectivity index (χ0v) is 10.5. The van der Waals surface area contributed by atoms with Gasteiger partial charge in [0, 0.05) is 10.3 Å². The molecule has 0 saturated carbocycles. The molecule has 0 aliphatic heterocycles. The Morgan fingerprint density at radius 1 is 1.53 bits per heavy atom. The van der Waals surface area contributed by atoms with Crippen LogP contribution < -0.4 is 4.74 Å².